The minimum absolute atomic E-state index is 0.0397. The topological polar surface area (TPSA) is 75.6 Å². The third kappa shape index (κ3) is 2.45. The number of imidazole rings is 1. The van der Waals surface area contributed by atoms with E-state index in [0.29, 0.717) is 0 Å². The highest BCUT2D eigenvalue weighted by Gasteiger charge is 2.21. The molecule has 0 amide bonds. The van der Waals surface area contributed by atoms with Crippen LogP contribution in [0.5, 0.6) is 0 Å². The molecule has 0 spiro atoms. The van der Waals surface area contributed by atoms with Crippen LogP contribution in [0, 0.1) is 0 Å². The molecule has 6 nitrogen and oxygen atoms in total. The summed E-state index contributed by atoms with van der Waals surface area (Å²) in [6.07, 6.45) is 9.86. The van der Waals surface area contributed by atoms with Crippen molar-refractivity contribution in [3.63, 3.8) is 0 Å². The van der Waals surface area contributed by atoms with Crippen molar-refractivity contribution < 1.29 is 0 Å². The van der Waals surface area contributed by atoms with Crippen molar-refractivity contribution in [3.8, 4) is 0 Å². The minimum atomic E-state index is -0.0397. The molecular weight excluding hydrogens is 326 g/mol. The molecule has 1 aromatic carbocycles. The van der Waals surface area contributed by atoms with Gasteiger partial charge in [-0.05, 0) is 25.0 Å². The summed E-state index contributed by atoms with van der Waals surface area (Å²) >= 11 is 0. The summed E-state index contributed by atoms with van der Waals surface area (Å²) < 4.78 is 1.90. The zero-order valence-corrected chi connectivity index (χ0v) is 14.3. The molecule has 0 unspecified atom stereocenters. The van der Waals surface area contributed by atoms with Gasteiger partial charge in [-0.25, -0.2) is 9.78 Å². The molecule has 5 rings (SSSR count). The maximum Gasteiger partial charge on any atom is 0.326 e. The third-order valence-corrected chi connectivity index (χ3v) is 5.24. The first kappa shape index (κ1) is 15.1. The third-order valence-electron chi connectivity index (χ3n) is 5.24. The highest BCUT2D eigenvalue weighted by molar-refractivity contribution is 5.95. The van der Waals surface area contributed by atoms with Crippen molar-refractivity contribution in [3.05, 3.63) is 59.4 Å². The lowest BCUT2D eigenvalue weighted by atomic mass is 10.1. The molecule has 1 fully saturated rings. The number of benzene rings is 1. The number of H-pyrrole nitrogens is 1. The van der Waals surface area contributed by atoms with Gasteiger partial charge in [-0.2, -0.15) is 0 Å². The Morgan fingerprint density at radius 1 is 1.15 bits per heavy atom. The number of aromatic nitrogens is 4. The predicted octanol–water partition coefficient (Wildman–Crippen LogP) is 4.13. The van der Waals surface area contributed by atoms with Crippen LogP contribution in [-0.4, -0.2) is 19.5 Å². The molecular formula is C20H19N5O. The minimum Gasteiger partial charge on any atom is -0.340 e. The normalized spacial score (nSPS) is 15.1. The van der Waals surface area contributed by atoms with Crippen LogP contribution >= 0.6 is 0 Å². The Labute approximate surface area is 149 Å². The molecule has 2 N–H and O–H groups in total. The Bertz CT molecular complexity index is 1150. The van der Waals surface area contributed by atoms with Crippen molar-refractivity contribution in [2.24, 2.45) is 0 Å². The number of fused-ring (bicyclic) bond motifs is 2. The number of pyridine rings is 2. The first-order chi connectivity index (χ1) is 12.8. The summed E-state index contributed by atoms with van der Waals surface area (Å²) in [4.78, 5) is 24.0. The van der Waals surface area contributed by atoms with E-state index >= 15 is 0 Å². The Morgan fingerprint density at radius 3 is 2.92 bits per heavy atom. The number of nitrogens with zero attached hydrogens (tertiary/aromatic N) is 3. The molecule has 4 aromatic rings. The molecule has 0 radical (unpaired) electrons. The van der Waals surface area contributed by atoms with Gasteiger partial charge in [0.1, 0.15) is 5.82 Å². The van der Waals surface area contributed by atoms with Gasteiger partial charge >= 0.3 is 5.69 Å². The lowest BCUT2D eigenvalue weighted by molar-refractivity contribution is 0.518. The second-order valence-electron chi connectivity index (χ2n) is 6.85. The van der Waals surface area contributed by atoms with Crippen molar-refractivity contribution in [1.29, 1.82) is 0 Å². The summed E-state index contributed by atoms with van der Waals surface area (Å²) in [6, 6.07) is 10.3. The Kier molecular flexibility index (Phi) is 3.48. The van der Waals surface area contributed by atoms with Gasteiger partial charge in [-0.1, -0.05) is 25.0 Å². The molecule has 3 heterocycles. The summed E-state index contributed by atoms with van der Waals surface area (Å²) in [5.74, 6) is 0.729. The first-order valence-electron chi connectivity index (χ1n) is 8.99. The monoisotopic (exact) mass is 345 g/mol. The zero-order chi connectivity index (χ0) is 17.5. The fourth-order valence-electron chi connectivity index (χ4n) is 3.99. The molecule has 1 aliphatic carbocycles. The highest BCUT2D eigenvalue weighted by atomic mass is 16.1. The second-order valence-corrected chi connectivity index (χ2v) is 6.85. The molecule has 6 heteroatoms. The Balaban J connectivity index is 1.59. The zero-order valence-electron chi connectivity index (χ0n) is 14.3. The molecule has 1 saturated carbocycles. The number of rotatable bonds is 3. The van der Waals surface area contributed by atoms with Crippen LogP contribution < -0.4 is 11.0 Å². The molecule has 26 heavy (non-hydrogen) atoms. The van der Waals surface area contributed by atoms with E-state index in [4.69, 9.17) is 0 Å². The van der Waals surface area contributed by atoms with Crippen molar-refractivity contribution in [2.75, 3.05) is 5.32 Å². The lowest BCUT2D eigenvalue weighted by Gasteiger charge is -2.12. The fraction of sp³-hybridized carbons (Fsp3) is 0.250. The average molecular weight is 345 g/mol. The average Bonchev–Trinajstić information content (AvgIpc) is 3.28. The van der Waals surface area contributed by atoms with Gasteiger partial charge in [0.2, 0.25) is 0 Å². The van der Waals surface area contributed by atoms with E-state index in [2.05, 4.69) is 20.3 Å². The molecule has 0 bridgehead atoms. The number of aromatic amines is 1. The van der Waals surface area contributed by atoms with Gasteiger partial charge < -0.3 is 10.3 Å². The van der Waals surface area contributed by atoms with E-state index in [0.717, 1.165) is 46.2 Å². The maximum atomic E-state index is 12.4. The second kappa shape index (κ2) is 5.98. The smallest absolute Gasteiger partial charge is 0.326 e. The van der Waals surface area contributed by atoms with Gasteiger partial charge in [0, 0.05) is 41.0 Å². The summed E-state index contributed by atoms with van der Waals surface area (Å²) in [5, 5.41) is 5.56. The summed E-state index contributed by atoms with van der Waals surface area (Å²) in [6.45, 7) is 0. The van der Waals surface area contributed by atoms with Gasteiger partial charge in [0.25, 0.3) is 0 Å². The van der Waals surface area contributed by atoms with E-state index in [1.165, 1.54) is 12.8 Å². The lowest BCUT2D eigenvalue weighted by Crippen LogP contribution is -2.20. The number of hydrogen-bond donors (Lipinski definition) is 2. The predicted molar refractivity (Wildman–Crippen MR) is 103 cm³/mol. The van der Waals surface area contributed by atoms with E-state index < -0.39 is 0 Å². The van der Waals surface area contributed by atoms with Crippen LogP contribution in [0.25, 0.3) is 21.8 Å². The van der Waals surface area contributed by atoms with Crippen LogP contribution in [0.3, 0.4) is 0 Å². The van der Waals surface area contributed by atoms with Crippen molar-refractivity contribution in [2.45, 2.75) is 31.7 Å². The highest BCUT2D eigenvalue weighted by Crippen LogP contribution is 2.31. The van der Waals surface area contributed by atoms with Gasteiger partial charge in [-0.3, -0.25) is 9.55 Å². The van der Waals surface area contributed by atoms with Crippen molar-refractivity contribution in [1.82, 2.24) is 19.5 Å². The molecule has 1 aliphatic rings. The Hall–Kier alpha value is -3.15. The molecule has 3 aromatic heterocycles. The number of anilines is 2. The number of hydrogen-bond acceptors (Lipinski definition) is 4. The molecule has 0 saturated heterocycles. The van der Waals surface area contributed by atoms with Gasteiger partial charge in [0.15, 0.2) is 0 Å². The van der Waals surface area contributed by atoms with Gasteiger partial charge in [-0.15, -0.1) is 0 Å². The number of nitrogens with one attached hydrogen (secondary N) is 2. The van der Waals surface area contributed by atoms with Crippen LogP contribution in [0.15, 0.2) is 53.7 Å². The van der Waals surface area contributed by atoms with Crippen LogP contribution in [0.1, 0.15) is 31.7 Å². The van der Waals surface area contributed by atoms with Crippen LogP contribution in [-0.2, 0) is 0 Å². The SMILES string of the molecule is O=c1[nH]c2cnc(Nc3cccc4cnccc34)cc2n1C1CCCC1. The summed E-state index contributed by atoms with van der Waals surface area (Å²) in [5.41, 5.74) is 2.64. The van der Waals surface area contributed by atoms with E-state index in [1.807, 2.05) is 41.1 Å². The maximum absolute atomic E-state index is 12.4. The van der Waals surface area contributed by atoms with Crippen LogP contribution in [0.2, 0.25) is 0 Å². The molecule has 0 atom stereocenters. The molecule has 0 aliphatic heterocycles. The standard InChI is InChI=1S/C20H19N5O/c26-20-24-17-12-22-19(10-18(17)25(20)14-5-1-2-6-14)23-16-7-3-4-13-11-21-9-8-15(13)16/h3-4,7-12,14H,1-2,5-6H2,(H,22,23)(H,24,26). The van der Waals surface area contributed by atoms with Crippen molar-refractivity contribution >= 4 is 33.3 Å². The van der Waals surface area contributed by atoms with Crippen LogP contribution in [0.4, 0.5) is 11.5 Å². The van der Waals surface area contributed by atoms with Gasteiger partial charge in [0.05, 0.1) is 17.2 Å². The van der Waals surface area contributed by atoms with E-state index in [-0.39, 0.29) is 11.7 Å². The largest absolute Gasteiger partial charge is 0.340 e. The fourth-order valence-corrected chi connectivity index (χ4v) is 3.99. The Morgan fingerprint density at radius 2 is 2.04 bits per heavy atom. The quantitative estimate of drug-likeness (QED) is 0.585. The summed E-state index contributed by atoms with van der Waals surface area (Å²) in [7, 11) is 0. The molecule has 130 valence electrons. The van der Waals surface area contributed by atoms with E-state index in [9.17, 15) is 4.79 Å². The first-order valence-corrected chi connectivity index (χ1v) is 8.99. The van der Waals surface area contributed by atoms with E-state index in [1.54, 1.807) is 12.4 Å².